The number of aromatic nitrogens is 1. The lowest BCUT2D eigenvalue weighted by Crippen LogP contribution is -2.19. The molecule has 0 aromatic carbocycles. The highest BCUT2D eigenvalue weighted by Crippen LogP contribution is 2.21. The van der Waals surface area contributed by atoms with Gasteiger partial charge in [-0.25, -0.2) is 0 Å². The number of hydrogen-bond donors (Lipinski definition) is 1. The molecule has 7 heteroatoms. The molecule has 15 heavy (non-hydrogen) atoms. The first-order valence-corrected chi connectivity index (χ1v) is 3.76. The molecule has 1 rings (SSSR count). The van der Waals surface area contributed by atoms with Crippen molar-refractivity contribution >= 4 is 0 Å². The van der Waals surface area contributed by atoms with Crippen LogP contribution in [0.2, 0.25) is 0 Å². The molecule has 0 fully saturated rings. The predicted octanol–water partition coefficient (Wildman–Crippen LogP) is 1.34. The van der Waals surface area contributed by atoms with Gasteiger partial charge in [-0.3, -0.25) is 4.79 Å². The zero-order valence-electron chi connectivity index (χ0n) is 7.26. The average molecular weight is 218 g/mol. The molecule has 0 bridgehead atoms. The standard InChI is InChI=1S/C8H5F3N2O2/c9-8(10,11)15-6-3-5(1-2-12)13-7(14)4-6/h3-4H,1H2,(H,13,14). The number of nitriles is 1. The van der Waals surface area contributed by atoms with Crippen LogP contribution in [-0.2, 0) is 6.42 Å². The van der Waals surface area contributed by atoms with Gasteiger partial charge in [-0.15, -0.1) is 13.2 Å². The van der Waals surface area contributed by atoms with Gasteiger partial charge in [0.15, 0.2) is 0 Å². The van der Waals surface area contributed by atoms with Gasteiger partial charge < -0.3 is 9.72 Å². The van der Waals surface area contributed by atoms with E-state index in [2.05, 4.69) is 9.72 Å². The van der Waals surface area contributed by atoms with Crippen LogP contribution >= 0.6 is 0 Å². The smallest absolute Gasteiger partial charge is 0.406 e. The summed E-state index contributed by atoms with van der Waals surface area (Å²) in [5.41, 5.74) is -0.675. The maximum atomic E-state index is 11.8. The molecular weight excluding hydrogens is 213 g/mol. The first-order valence-electron chi connectivity index (χ1n) is 3.76. The van der Waals surface area contributed by atoms with E-state index in [0.717, 1.165) is 6.07 Å². The molecule has 0 saturated carbocycles. The Kier molecular flexibility index (Phi) is 2.99. The number of aromatic amines is 1. The number of pyridine rings is 1. The minimum absolute atomic E-state index is 0.0734. The van der Waals surface area contributed by atoms with E-state index < -0.39 is 17.7 Å². The number of H-pyrrole nitrogens is 1. The highest BCUT2D eigenvalue weighted by molar-refractivity contribution is 5.24. The predicted molar refractivity (Wildman–Crippen MR) is 43.1 cm³/mol. The molecule has 0 aliphatic rings. The first kappa shape index (κ1) is 11.1. The number of halogens is 3. The van der Waals surface area contributed by atoms with Gasteiger partial charge in [0.2, 0.25) is 0 Å². The molecule has 1 aromatic rings. The fourth-order valence-corrected chi connectivity index (χ4v) is 0.946. The third-order valence-electron chi connectivity index (χ3n) is 1.38. The molecule has 0 aliphatic heterocycles. The molecule has 0 amide bonds. The Labute approximate surface area is 81.9 Å². The third kappa shape index (κ3) is 3.72. The van der Waals surface area contributed by atoms with Crippen LogP contribution in [-0.4, -0.2) is 11.3 Å². The molecule has 0 spiro atoms. The molecule has 1 N–H and O–H groups in total. The van der Waals surface area contributed by atoms with Crippen LogP contribution in [0.15, 0.2) is 16.9 Å². The minimum Gasteiger partial charge on any atom is -0.406 e. The summed E-state index contributed by atoms with van der Waals surface area (Å²) in [4.78, 5) is 13.1. The van der Waals surface area contributed by atoms with Gasteiger partial charge in [0.25, 0.3) is 5.56 Å². The highest BCUT2D eigenvalue weighted by Gasteiger charge is 2.31. The second-order valence-corrected chi connectivity index (χ2v) is 2.59. The summed E-state index contributed by atoms with van der Waals surface area (Å²) < 4.78 is 38.9. The van der Waals surface area contributed by atoms with Gasteiger partial charge in [0.1, 0.15) is 5.75 Å². The van der Waals surface area contributed by atoms with Crippen molar-refractivity contribution in [1.29, 1.82) is 5.26 Å². The third-order valence-corrected chi connectivity index (χ3v) is 1.38. The zero-order valence-corrected chi connectivity index (χ0v) is 7.26. The average Bonchev–Trinajstić information content (AvgIpc) is 1.99. The lowest BCUT2D eigenvalue weighted by Gasteiger charge is -2.08. The maximum absolute atomic E-state index is 11.8. The Morgan fingerprint density at radius 2 is 2.13 bits per heavy atom. The van der Waals surface area contributed by atoms with Crippen molar-refractivity contribution in [2.24, 2.45) is 0 Å². The van der Waals surface area contributed by atoms with Crippen LogP contribution in [0, 0.1) is 11.3 Å². The Hall–Kier alpha value is -1.97. The summed E-state index contributed by atoms with van der Waals surface area (Å²) in [6.07, 6.45) is -5.04. The SMILES string of the molecule is N#CCc1cc(OC(F)(F)F)cc(=O)[nH]1. The van der Waals surface area contributed by atoms with Crippen LogP contribution < -0.4 is 10.3 Å². The molecule has 0 atom stereocenters. The van der Waals surface area contributed by atoms with E-state index in [1.54, 1.807) is 6.07 Å². The van der Waals surface area contributed by atoms with Gasteiger partial charge in [0, 0.05) is 17.8 Å². The van der Waals surface area contributed by atoms with Crippen LogP contribution in [0.3, 0.4) is 0 Å². The Bertz CT molecular complexity index is 444. The van der Waals surface area contributed by atoms with Crippen LogP contribution in [0.25, 0.3) is 0 Å². The number of hydrogen-bond acceptors (Lipinski definition) is 3. The van der Waals surface area contributed by atoms with Crippen LogP contribution in [0.1, 0.15) is 5.69 Å². The normalized spacial score (nSPS) is 10.8. The van der Waals surface area contributed by atoms with Crippen LogP contribution in [0.4, 0.5) is 13.2 Å². The number of nitrogens with zero attached hydrogens (tertiary/aromatic N) is 1. The molecule has 1 aromatic heterocycles. The summed E-state index contributed by atoms with van der Waals surface area (Å²) in [7, 11) is 0. The minimum atomic E-state index is -4.85. The van der Waals surface area contributed by atoms with Crippen LogP contribution in [0.5, 0.6) is 5.75 Å². The molecule has 0 saturated heterocycles. The summed E-state index contributed by atoms with van der Waals surface area (Å²) in [6, 6.07) is 3.31. The number of alkyl halides is 3. The summed E-state index contributed by atoms with van der Waals surface area (Å²) >= 11 is 0. The second-order valence-electron chi connectivity index (χ2n) is 2.59. The Balaban J connectivity index is 3.00. The monoisotopic (exact) mass is 218 g/mol. The highest BCUT2D eigenvalue weighted by atomic mass is 19.4. The zero-order chi connectivity index (χ0) is 11.5. The van der Waals surface area contributed by atoms with Crippen molar-refractivity contribution < 1.29 is 17.9 Å². The lowest BCUT2D eigenvalue weighted by molar-refractivity contribution is -0.274. The topological polar surface area (TPSA) is 65.9 Å². The lowest BCUT2D eigenvalue weighted by atomic mass is 10.3. The molecule has 0 radical (unpaired) electrons. The van der Waals surface area contributed by atoms with Crippen molar-refractivity contribution in [3.8, 4) is 11.8 Å². The fraction of sp³-hybridized carbons (Fsp3) is 0.250. The van der Waals surface area contributed by atoms with E-state index >= 15 is 0 Å². The molecular formula is C8H5F3N2O2. The second kappa shape index (κ2) is 4.04. The van der Waals surface area contributed by atoms with Crippen molar-refractivity contribution in [2.45, 2.75) is 12.8 Å². The summed E-state index contributed by atoms with van der Waals surface area (Å²) in [6.45, 7) is 0. The first-order chi connectivity index (χ1) is 6.90. The van der Waals surface area contributed by atoms with Crippen molar-refractivity contribution in [3.05, 3.63) is 28.2 Å². The molecule has 1 heterocycles. The summed E-state index contributed by atoms with van der Waals surface area (Å²) in [5.74, 6) is -0.628. The molecule has 0 aliphatic carbocycles. The maximum Gasteiger partial charge on any atom is 0.573 e. The van der Waals surface area contributed by atoms with E-state index in [4.69, 9.17) is 5.26 Å². The van der Waals surface area contributed by atoms with E-state index in [1.165, 1.54) is 0 Å². The van der Waals surface area contributed by atoms with Gasteiger partial charge >= 0.3 is 6.36 Å². The van der Waals surface area contributed by atoms with Gasteiger partial charge in [0.05, 0.1) is 12.5 Å². The number of rotatable bonds is 2. The van der Waals surface area contributed by atoms with Gasteiger partial charge in [-0.2, -0.15) is 5.26 Å². The fourth-order valence-electron chi connectivity index (χ4n) is 0.946. The van der Waals surface area contributed by atoms with E-state index in [0.29, 0.717) is 6.07 Å². The number of nitrogens with one attached hydrogen (secondary N) is 1. The number of ether oxygens (including phenoxy) is 1. The molecule has 0 unspecified atom stereocenters. The molecule has 4 nitrogen and oxygen atoms in total. The van der Waals surface area contributed by atoms with Gasteiger partial charge in [-0.1, -0.05) is 0 Å². The largest absolute Gasteiger partial charge is 0.573 e. The Morgan fingerprint density at radius 3 is 2.67 bits per heavy atom. The van der Waals surface area contributed by atoms with E-state index in [1.807, 2.05) is 0 Å². The van der Waals surface area contributed by atoms with Gasteiger partial charge in [-0.05, 0) is 0 Å². The quantitative estimate of drug-likeness (QED) is 0.814. The Morgan fingerprint density at radius 1 is 1.47 bits per heavy atom. The van der Waals surface area contributed by atoms with E-state index in [9.17, 15) is 18.0 Å². The molecule has 80 valence electrons. The van der Waals surface area contributed by atoms with Crippen molar-refractivity contribution in [3.63, 3.8) is 0 Å². The van der Waals surface area contributed by atoms with Crippen molar-refractivity contribution in [1.82, 2.24) is 4.98 Å². The summed E-state index contributed by atoms with van der Waals surface area (Å²) in [5, 5.41) is 8.30. The van der Waals surface area contributed by atoms with E-state index in [-0.39, 0.29) is 12.1 Å². The van der Waals surface area contributed by atoms with Crippen molar-refractivity contribution in [2.75, 3.05) is 0 Å².